The number of pyridine rings is 1. The summed E-state index contributed by atoms with van der Waals surface area (Å²) in [5.41, 5.74) is 4.74. The van der Waals surface area contributed by atoms with Gasteiger partial charge in [0.15, 0.2) is 0 Å². The standard InChI is InChI=1S/C21H23N3O2/c1-13-18(14(2)23-21(26)19(13)12-22)9-10-20(25)24-17-8-7-15-5-3-4-6-16(15)11-17/h3-6,17H,7-11H2,1-2H3,(H,23,26)(H,24,25)/t17-/m0/s1. The van der Waals surface area contributed by atoms with Gasteiger partial charge in [0.05, 0.1) is 0 Å². The summed E-state index contributed by atoms with van der Waals surface area (Å²) in [6.45, 7) is 3.58. The number of nitrogens with one attached hydrogen (secondary N) is 2. The van der Waals surface area contributed by atoms with Crippen molar-refractivity contribution in [3.05, 3.63) is 68.1 Å². The van der Waals surface area contributed by atoms with E-state index in [0.717, 1.165) is 30.5 Å². The number of hydrogen-bond donors (Lipinski definition) is 2. The smallest absolute Gasteiger partial charge is 0.266 e. The van der Waals surface area contributed by atoms with Crippen LogP contribution in [0.3, 0.4) is 0 Å². The van der Waals surface area contributed by atoms with E-state index >= 15 is 0 Å². The minimum absolute atomic E-state index is 0.0119. The summed E-state index contributed by atoms with van der Waals surface area (Å²) >= 11 is 0. The highest BCUT2D eigenvalue weighted by atomic mass is 16.1. The monoisotopic (exact) mass is 349 g/mol. The van der Waals surface area contributed by atoms with Gasteiger partial charge in [0.25, 0.3) is 5.56 Å². The van der Waals surface area contributed by atoms with Crippen LogP contribution in [0.5, 0.6) is 0 Å². The number of carbonyl (C=O) groups excluding carboxylic acids is 1. The van der Waals surface area contributed by atoms with Gasteiger partial charge in [0, 0.05) is 18.2 Å². The number of amides is 1. The number of fused-ring (bicyclic) bond motifs is 1. The van der Waals surface area contributed by atoms with E-state index < -0.39 is 0 Å². The van der Waals surface area contributed by atoms with Crippen LogP contribution >= 0.6 is 0 Å². The molecule has 26 heavy (non-hydrogen) atoms. The van der Waals surface area contributed by atoms with Gasteiger partial charge in [-0.3, -0.25) is 9.59 Å². The largest absolute Gasteiger partial charge is 0.353 e. The highest BCUT2D eigenvalue weighted by Gasteiger charge is 2.20. The molecule has 2 aromatic rings. The van der Waals surface area contributed by atoms with Crippen molar-refractivity contribution >= 4 is 5.91 Å². The zero-order valence-corrected chi connectivity index (χ0v) is 15.2. The van der Waals surface area contributed by atoms with Crippen LogP contribution < -0.4 is 10.9 Å². The molecule has 1 aromatic carbocycles. The average molecular weight is 349 g/mol. The topological polar surface area (TPSA) is 85.8 Å². The van der Waals surface area contributed by atoms with Crippen molar-refractivity contribution in [1.82, 2.24) is 10.3 Å². The van der Waals surface area contributed by atoms with Crippen molar-refractivity contribution in [3.63, 3.8) is 0 Å². The SMILES string of the molecule is Cc1[nH]c(=O)c(C#N)c(C)c1CCC(=O)N[C@H]1CCc2ccccc2C1. The Labute approximate surface area is 153 Å². The summed E-state index contributed by atoms with van der Waals surface area (Å²) in [5.74, 6) is 0.0119. The molecule has 0 radical (unpaired) electrons. The number of aromatic nitrogens is 1. The third kappa shape index (κ3) is 3.70. The second kappa shape index (κ2) is 7.57. The van der Waals surface area contributed by atoms with Gasteiger partial charge in [-0.2, -0.15) is 5.26 Å². The van der Waals surface area contributed by atoms with Crippen LogP contribution in [0.4, 0.5) is 0 Å². The van der Waals surface area contributed by atoms with Crippen molar-refractivity contribution in [2.75, 3.05) is 0 Å². The fourth-order valence-electron chi connectivity index (χ4n) is 3.78. The molecule has 0 unspecified atom stereocenters. The zero-order chi connectivity index (χ0) is 18.7. The van der Waals surface area contributed by atoms with E-state index in [0.29, 0.717) is 18.4 Å². The lowest BCUT2D eigenvalue weighted by atomic mass is 9.88. The summed E-state index contributed by atoms with van der Waals surface area (Å²) in [6.07, 6.45) is 3.68. The summed E-state index contributed by atoms with van der Waals surface area (Å²) in [7, 11) is 0. The van der Waals surface area contributed by atoms with Crippen molar-refractivity contribution in [1.29, 1.82) is 5.26 Å². The average Bonchev–Trinajstić information content (AvgIpc) is 2.61. The van der Waals surface area contributed by atoms with Crippen molar-refractivity contribution in [2.45, 2.75) is 52.0 Å². The molecule has 1 heterocycles. The van der Waals surface area contributed by atoms with E-state index in [4.69, 9.17) is 5.26 Å². The lowest BCUT2D eigenvalue weighted by molar-refractivity contribution is -0.121. The van der Waals surface area contributed by atoms with Gasteiger partial charge in [-0.05, 0) is 61.8 Å². The highest BCUT2D eigenvalue weighted by molar-refractivity contribution is 5.76. The van der Waals surface area contributed by atoms with Gasteiger partial charge in [-0.15, -0.1) is 0 Å². The maximum Gasteiger partial charge on any atom is 0.266 e. The van der Waals surface area contributed by atoms with Crippen LogP contribution in [0.25, 0.3) is 0 Å². The molecule has 2 N–H and O–H groups in total. The number of nitrogens with zero attached hydrogens (tertiary/aromatic N) is 1. The maximum atomic E-state index is 12.4. The quantitative estimate of drug-likeness (QED) is 0.889. The fourth-order valence-corrected chi connectivity index (χ4v) is 3.78. The number of rotatable bonds is 4. The molecule has 0 spiro atoms. The third-order valence-electron chi connectivity index (χ3n) is 5.23. The number of hydrogen-bond acceptors (Lipinski definition) is 3. The number of carbonyl (C=O) groups is 1. The summed E-state index contributed by atoms with van der Waals surface area (Å²) in [5, 5.41) is 12.3. The lowest BCUT2D eigenvalue weighted by Gasteiger charge is -2.25. The first kappa shape index (κ1) is 17.9. The highest BCUT2D eigenvalue weighted by Crippen LogP contribution is 2.21. The van der Waals surface area contributed by atoms with E-state index in [-0.39, 0.29) is 23.1 Å². The van der Waals surface area contributed by atoms with Crippen LogP contribution in [0, 0.1) is 25.2 Å². The number of aryl methyl sites for hydroxylation is 2. The molecule has 0 aliphatic heterocycles. The Morgan fingerprint density at radius 3 is 2.77 bits per heavy atom. The minimum Gasteiger partial charge on any atom is -0.353 e. The number of H-pyrrole nitrogens is 1. The van der Waals surface area contributed by atoms with Crippen LogP contribution in [0.1, 0.15) is 46.4 Å². The van der Waals surface area contributed by atoms with E-state index in [9.17, 15) is 9.59 Å². The Kier molecular flexibility index (Phi) is 5.22. The molecule has 5 heteroatoms. The molecule has 1 aromatic heterocycles. The van der Waals surface area contributed by atoms with E-state index in [2.05, 4.69) is 28.5 Å². The Morgan fingerprint density at radius 2 is 2.04 bits per heavy atom. The molecular formula is C21H23N3O2. The third-order valence-corrected chi connectivity index (χ3v) is 5.23. The zero-order valence-electron chi connectivity index (χ0n) is 15.2. The summed E-state index contributed by atoms with van der Waals surface area (Å²) < 4.78 is 0. The predicted molar refractivity (Wildman–Crippen MR) is 100.0 cm³/mol. The van der Waals surface area contributed by atoms with Gasteiger partial charge in [-0.1, -0.05) is 24.3 Å². The molecular weight excluding hydrogens is 326 g/mol. The first-order valence-electron chi connectivity index (χ1n) is 8.98. The number of aromatic amines is 1. The second-order valence-electron chi connectivity index (χ2n) is 6.95. The van der Waals surface area contributed by atoms with E-state index in [1.165, 1.54) is 11.1 Å². The Bertz CT molecular complexity index is 937. The molecule has 3 rings (SSSR count). The Hall–Kier alpha value is -2.87. The van der Waals surface area contributed by atoms with Gasteiger partial charge in [0.2, 0.25) is 5.91 Å². The maximum absolute atomic E-state index is 12.4. The summed E-state index contributed by atoms with van der Waals surface area (Å²) in [4.78, 5) is 26.9. The van der Waals surface area contributed by atoms with Crippen LogP contribution in [-0.2, 0) is 24.1 Å². The lowest BCUT2D eigenvalue weighted by Crippen LogP contribution is -2.39. The molecule has 1 amide bonds. The summed E-state index contributed by atoms with van der Waals surface area (Å²) in [6, 6.07) is 10.5. The first-order chi connectivity index (χ1) is 12.5. The molecule has 0 saturated heterocycles. The van der Waals surface area contributed by atoms with Crippen molar-refractivity contribution in [2.24, 2.45) is 0 Å². The van der Waals surface area contributed by atoms with E-state index in [1.807, 2.05) is 12.1 Å². The minimum atomic E-state index is -0.364. The van der Waals surface area contributed by atoms with Crippen molar-refractivity contribution in [3.8, 4) is 6.07 Å². The number of benzene rings is 1. The van der Waals surface area contributed by atoms with Crippen molar-refractivity contribution < 1.29 is 4.79 Å². The van der Waals surface area contributed by atoms with Gasteiger partial charge in [0.1, 0.15) is 11.6 Å². The van der Waals surface area contributed by atoms with Crippen LogP contribution in [0.2, 0.25) is 0 Å². The van der Waals surface area contributed by atoms with Crippen LogP contribution in [0.15, 0.2) is 29.1 Å². The van der Waals surface area contributed by atoms with Gasteiger partial charge >= 0.3 is 0 Å². The first-order valence-corrected chi connectivity index (χ1v) is 8.98. The Morgan fingerprint density at radius 1 is 1.31 bits per heavy atom. The molecule has 134 valence electrons. The molecule has 5 nitrogen and oxygen atoms in total. The Balaban J connectivity index is 1.62. The fraction of sp³-hybridized carbons (Fsp3) is 0.381. The number of nitriles is 1. The molecule has 1 atom stereocenters. The second-order valence-corrected chi connectivity index (χ2v) is 6.95. The van der Waals surface area contributed by atoms with Gasteiger partial charge in [-0.25, -0.2) is 0 Å². The molecule has 0 fully saturated rings. The van der Waals surface area contributed by atoms with Crippen LogP contribution in [-0.4, -0.2) is 16.9 Å². The molecule has 0 bridgehead atoms. The molecule has 1 aliphatic carbocycles. The van der Waals surface area contributed by atoms with E-state index in [1.54, 1.807) is 13.8 Å². The predicted octanol–water partition coefficient (Wildman–Crippen LogP) is 2.47. The molecule has 1 aliphatic rings. The van der Waals surface area contributed by atoms with Gasteiger partial charge < -0.3 is 10.3 Å². The molecule has 0 saturated carbocycles. The normalized spacial score (nSPS) is 15.8.